The van der Waals surface area contributed by atoms with Crippen LogP contribution in [0.2, 0.25) is 0 Å². The first-order chi connectivity index (χ1) is 5.90. The molecule has 2 aliphatic carbocycles. The average Bonchev–Trinajstić information content (AvgIpc) is 2.62. The van der Waals surface area contributed by atoms with Crippen LogP contribution in [0.4, 0.5) is 0 Å². The number of hydrogen-bond donors (Lipinski definition) is 0. The molecule has 0 heterocycles. The lowest BCUT2D eigenvalue weighted by Crippen LogP contribution is -1.87. The van der Waals surface area contributed by atoms with E-state index in [-0.39, 0.29) is 0 Å². The van der Waals surface area contributed by atoms with Crippen LogP contribution in [-0.2, 0) is 0 Å². The van der Waals surface area contributed by atoms with E-state index in [0.717, 1.165) is 5.92 Å². The van der Waals surface area contributed by atoms with Crippen LogP contribution in [0.25, 0.3) is 0 Å². The van der Waals surface area contributed by atoms with Gasteiger partial charge < -0.3 is 0 Å². The van der Waals surface area contributed by atoms with Crippen molar-refractivity contribution in [3.63, 3.8) is 0 Å². The Balaban J connectivity index is 1.85. The molecule has 12 heavy (non-hydrogen) atoms. The summed E-state index contributed by atoms with van der Waals surface area (Å²) >= 11 is 0.978. The van der Waals surface area contributed by atoms with Crippen molar-refractivity contribution < 1.29 is 0 Å². The smallest absolute Gasteiger partial charge is 0.0127 e. The summed E-state index contributed by atoms with van der Waals surface area (Å²) in [4.78, 5) is 2.38. The number of hydrogen-bond acceptors (Lipinski definition) is 0. The average molecular weight is 390 g/mol. The summed E-state index contributed by atoms with van der Waals surface area (Å²) < 4.78 is 5.83. The van der Waals surface area contributed by atoms with E-state index in [1.165, 1.54) is 23.2 Å². The van der Waals surface area contributed by atoms with E-state index in [2.05, 4.69) is 8.94 Å². The highest BCUT2D eigenvalue weighted by molar-refractivity contribution is 14.2. The van der Waals surface area contributed by atoms with Gasteiger partial charge in [-0.15, -0.1) is 41.5 Å². The van der Waals surface area contributed by atoms with Crippen molar-refractivity contribution in [1.29, 1.82) is 0 Å². The van der Waals surface area contributed by atoms with Crippen molar-refractivity contribution in [3.8, 4) is 0 Å². The first-order valence-electron chi connectivity index (χ1n) is 4.70. The van der Waals surface area contributed by atoms with Crippen LogP contribution in [0.1, 0.15) is 32.1 Å². The lowest BCUT2D eigenvalue weighted by molar-refractivity contribution is 0.886. The zero-order valence-corrected chi connectivity index (χ0v) is 11.8. The van der Waals surface area contributed by atoms with Gasteiger partial charge in [0.15, 0.2) is 0 Å². The van der Waals surface area contributed by atoms with Gasteiger partial charge in [-0.05, 0) is 31.7 Å². The minimum atomic E-state index is 0.455. The van der Waals surface area contributed by atoms with Gasteiger partial charge in [-0.1, -0.05) is 12.8 Å². The quantitative estimate of drug-likeness (QED) is 0.501. The van der Waals surface area contributed by atoms with E-state index in [9.17, 15) is 0 Å². The number of alkyl halides is 2. The predicted octanol–water partition coefficient (Wildman–Crippen LogP) is 3.49. The molecule has 2 aliphatic rings. The summed E-state index contributed by atoms with van der Waals surface area (Å²) in [5, 5.41) is 0. The van der Waals surface area contributed by atoms with Crippen molar-refractivity contribution >= 4 is 49.0 Å². The molecule has 0 aromatic heterocycles. The Hall–Kier alpha value is 1.20. The fraction of sp³-hybridized carbons (Fsp3) is 0.800. The van der Waals surface area contributed by atoms with Gasteiger partial charge in [0.2, 0.25) is 0 Å². The Kier molecular flexibility index (Phi) is 3.75. The molecule has 0 N–H and O–H groups in total. The third-order valence-electron chi connectivity index (χ3n) is 2.51. The van der Waals surface area contributed by atoms with Crippen LogP contribution in [0, 0.1) is 5.92 Å². The molecule has 0 aromatic carbocycles. The van der Waals surface area contributed by atoms with E-state index < -0.39 is 0 Å². The van der Waals surface area contributed by atoms with Crippen molar-refractivity contribution in [2.45, 2.75) is 36.0 Å². The molecule has 0 aliphatic heterocycles. The molecule has 70 valence electrons. The van der Waals surface area contributed by atoms with Crippen LogP contribution in [0.3, 0.4) is 0 Å². The Bertz CT molecular complexity index is 212. The van der Waals surface area contributed by atoms with Gasteiger partial charge in [-0.2, -0.15) is 0 Å². The van der Waals surface area contributed by atoms with Gasteiger partial charge in [-0.3, -0.25) is 0 Å². The molecule has 0 amide bonds. The Morgan fingerprint density at radius 1 is 1.33 bits per heavy atom. The van der Waals surface area contributed by atoms with E-state index in [1.54, 1.807) is 12.8 Å². The molecule has 0 spiro atoms. The Morgan fingerprint density at radius 2 is 2.08 bits per heavy atom. The monoisotopic (exact) mass is 390 g/mol. The highest BCUT2D eigenvalue weighted by Gasteiger charge is 2.29. The summed E-state index contributed by atoms with van der Waals surface area (Å²) in [7, 11) is 0. The van der Waals surface area contributed by atoms with Gasteiger partial charge in [0, 0.05) is 9.84 Å². The van der Waals surface area contributed by atoms with Crippen LogP contribution >= 0.6 is 41.5 Å². The normalized spacial score (nSPS) is 35.1. The Labute approximate surface area is 95.0 Å². The van der Waals surface area contributed by atoms with E-state index in [1.807, 2.05) is 3.51 Å². The van der Waals surface area contributed by atoms with E-state index in [0.29, 0.717) is 41.5 Å². The standard InChI is InChI=1S/C10H16I2/c1-11-7-8-6-10(8)12-9-4-2-3-5-9/h7-9H,2-6H2,1H3. The van der Waals surface area contributed by atoms with Crippen LogP contribution in [-0.4, -0.2) is 16.4 Å². The highest BCUT2D eigenvalue weighted by atomic mass is 127. The molecular weight excluding hydrogens is 374 g/mol. The SMILES string of the molecule is CI=CC1CC1=IC1CCCC1. The van der Waals surface area contributed by atoms with E-state index >= 15 is 0 Å². The van der Waals surface area contributed by atoms with Crippen molar-refractivity contribution in [3.05, 3.63) is 0 Å². The molecule has 0 aromatic rings. The molecule has 0 radical (unpaired) electrons. The zero-order valence-electron chi connectivity index (χ0n) is 7.52. The molecule has 2 heteroatoms. The van der Waals surface area contributed by atoms with Crippen molar-refractivity contribution in [1.82, 2.24) is 0 Å². The summed E-state index contributed by atoms with van der Waals surface area (Å²) in [5.74, 6) is 1.04. The zero-order chi connectivity index (χ0) is 8.39. The second-order valence-electron chi connectivity index (χ2n) is 3.59. The highest BCUT2D eigenvalue weighted by Crippen LogP contribution is 2.38. The van der Waals surface area contributed by atoms with Gasteiger partial charge in [-0.25, -0.2) is 0 Å². The predicted molar refractivity (Wildman–Crippen MR) is 75.4 cm³/mol. The first kappa shape index (κ1) is 9.74. The van der Waals surface area contributed by atoms with Crippen molar-refractivity contribution in [2.75, 3.05) is 4.93 Å². The number of halogens is 2. The Morgan fingerprint density at radius 3 is 2.75 bits per heavy atom. The second-order valence-corrected chi connectivity index (χ2v) is 9.33. The third kappa shape index (κ3) is 2.59. The first-order valence-corrected chi connectivity index (χ1v) is 10.4. The largest absolute Gasteiger partial charge is 0.130 e. The number of rotatable bonds is 2. The molecule has 0 saturated heterocycles. The van der Waals surface area contributed by atoms with Gasteiger partial charge in [0.05, 0.1) is 0 Å². The maximum absolute atomic E-state index is 2.63. The van der Waals surface area contributed by atoms with Crippen LogP contribution in [0.5, 0.6) is 0 Å². The lowest BCUT2D eigenvalue weighted by atomic mass is 10.4. The summed E-state index contributed by atoms with van der Waals surface area (Å²) in [6, 6.07) is 0. The summed E-state index contributed by atoms with van der Waals surface area (Å²) in [5.41, 5.74) is 0. The molecule has 1 unspecified atom stereocenters. The lowest BCUT2D eigenvalue weighted by Gasteiger charge is -1.97. The molecule has 2 rings (SSSR count). The maximum Gasteiger partial charge on any atom is 0.0127 e. The van der Waals surface area contributed by atoms with Gasteiger partial charge in [0.1, 0.15) is 0 Å². The molecule has 0 bridgehead atoms. The second kappa shape index (κ2) is 4.62. The van der Waals surface area contributed by atoms with Crippen LogP contribution in [0.15, 0.2) is 0 Å². The minimum absolute atomic E-state index is 0.455. The molecular formula is C10H16I2. The van der Waals surface area contributed by atoms with E-state index in [4.69, 9.17) is 0 Å². The molecule has 2 fully saturated rings. The fourth-order valence-corrected chi connectivity index (χ4v) is 7.97. The topological polar surface area (TPSA) is 0 Å². The molecule has 1 atom stereocenters. The van der Waals surface area contributed by atoms with Gasteiger partial charge in [0.25, 0.3) is 0 Å². The summed E-state index contributed by atoms with van der Waals surface area (Å²) in [6.45, 7) is 0. The third-order valence-corrected chi connectivity index (χ3v) is 8.27. The minimum Gasteiger partial charge on any atom is -0.130 e. The van der Waals surface area contributed by atoms with Crippen LogP contribution < -0.4 is 0 Å². The van der Waals surface area contributed by atoms with Crippen molar-refractivity contribution in [2.24, 2.45) is 5.92 Å². The molecule has 2 saturated carbocycles. The summed E-state index contributed by atoms with van der Waals surface area (Å²) in [6.07, 6.45) is 7.73. The molecule has 0 nitrogen and oxygen atoms in total. The fourth-order valence-electron chi connectivity index (χ4n) is 1.72. The van der Waals surface area contributed by atoms with Gasteiger partial charge >= 0.3 is 0 Å². The maximum atomic E-state index is 2.63.